The van der Waals surface area contributed by atoms with Crippen molar-refractivity contribution in [3.05, 3.63) is 87.5 Å². The third-order valence-electron chi connectivity index (χ3n) is 8.13. The van der Waals surface area contributed by atoms with Crippen LogP contribution in [0.2, 0.25) is 0 Å². The molecule has 0 atom stereocenters. The van der Waals surface area contributed by atoms with Crippen molar-refractivity contribution >= 4 is 5.65 Å². The Morgan fingerprint density at radius 2 is 1.88 bits per heavy atom. The van der Waals surface area contributed by atoms with Gasteiger partial charge in [0.25, 0.3) is 5.56 Å². The first-order valence-electron chi connectivity index (χ1n) is 14.8. The van der Waals surface area contributed by atoms with E-state index in [1.807, 2.05) is 57.6 Å². The van der Waals surface area contributed by atoms with Gasteiger partial charge in [0, 0.05) is 24.1 Å². The summed E-state index contributed by atoms with van der Waals surface area (Å²) in [5.74, 6) is 0.679. The summed E-state index contributed by atoms with van der Waals surface area (Å²) >= 11 is 0. The number of aryl methyl sites for hydroxylation is 1. The van der Waals surface area contributed by atoms with Crippen LogP contribution in [0.3, 0.4) is 0 Å². The van der Waals surface area contributed by atoms with Gasteiger partial charge in [-0.05, 0) is 74.8 Å². The first-order valence-corrected chi connectivity index (χ1v) is 14.8. The van der Waals surface area contributed by atoms with Crippen molar-refractivity contribution in [2.45, 2.75) is 83.5 Å². The molecule has 8 heteroatoms. The Kier molecular flexibility index (Phi) is 8.81. The maximum absolute atomic E-state index is 14.4. The molecule has 2 aromatic carbocycles. The maximum atomic E-state index is 14.4. The van der Waals surface area contributed by atoms with Crippen LogP contribution in [0.5, 0.6) is 5.75 Å². The lowest BCUT2D eigenvalue weighted by Gasteiger charge is -2.32. The summed E-state index contributed by atoms with van der Waals surface area (Å²) in [7, 11) is 1.64. The molecule has 1 fully saturated rings. The van der Waals surface area contributed by atoms with Crippen LogP contribution in [-0.2, 0) is 17.6 Å². The number of aliphatic hydroxyl groups is 1. The smallest absolute Gasteiger partial charge is 0.257 e. The van der Waals surface area contributed by atoms with Gasteiger partial charge in [-0.1, -0.05) is 43.7 Å². The third-order valence-corrected chi connectivity index (χ3v) is 8.13. The van der Waals surface area contributed by atoms with Crippen molar-refractivity contribution in [2.75, 3.05) is 13.7 Å². The predicted molar refractivity (Wildman–Crippen MR) is 163 cm³/mol. The SMILES string of the molecule is CCCc1c(Cc2ccc(-c3ccccc3C#N)cc2OC)c(=O)n(C2CCC(OCC(C)(C)O)CC2)c2ccnn12. The van der Waals surface area contributed by atoms with E-state index in [1.54, 1.807) is 27.2 Å². The quantitative estimate of drug-likeness (QED) is 0.257. The van der Waals surface area contributed by atoms with Gasteiger partial charge in [0.2, 0.25) is 0 Å². The number of nitrogens with zero attached hydrogens (tertiary/aromatic N) is 4. The Morgan fingerprint density at radius 3 is 2.57 bits per heavy atom. The van der Waals surface area contributed by atoms with Crippen LogP contribution in [0.4, 0.5) is 0 Å². The molecular weight excluding hydrogens is 528 g/mol. The van der Waals surface area contributed by atoms with Crippen molar-refractivity contribution in [2.24, 2.45) is 0 Å². The van der Waals surface area contributed by atoms with E-state index in [-0.39, 0.29) is 17.7 Å². The fourth-order valence-electron chi connectivity index (χ4n) is 6.08. The molecule has 1 aliphatic carbocycles. The second-order valence-electron chi connectivity index (χ2n) is 11.9. The van der Waals surface area contributed by atoms with Gasteiger partial charge in [0.05, 0.1) is 48.9 Å². The number of methoxy groups -OCH3 is 1. The van der Waals surface area contributed by atoms with E-state index >= 15 is 0 Å². The highest BCUT2D eigenvalue weighted by Crippen LogP contribution is 2.33. The fraction of sp³-hybridized carbons (Fsp3) is 0.441. The minimum Gasteiger partial charge on any atom is -0.496 e. The maximum Gasteiger partial charge on any atom is 0.257 e. The predicted octanol–water partition coefficient (Wildman–Crippen LogP) is 5.86. The third kappa shape index (κ3) is 6.13. The summed E-state index contributed by atoms with van der Waals surface area (Å²) in [5, 5.41) is 24.3. The van der Waals surface area contributed by atoms with Crippen LogP contribution in [0.25, 0.3) is 16.8 Å². The van der Waals surface area contributed by atoms with Gasteiger partial charge in [-0.25, -0.2) is 4.52 Å². The molecule has 4 aromatic rings. The Balaban J connectivity index is 1.51. The first-order chi connectivity index (χ1) is 20.2. The van der Waals surface area contributed by atoms with E-state index in [0.717, 1.165) is 72.1 Å². The van der Waals surface area contributed by atoms with Crippen molar-refractivity contribution in [3.8, 4) is 22.9 Å². The molecule has 5 rings (SSSR count). The summed E-state index contributed by atoms with van der Waals surface area (Å²) in [6, 6.07) is 17.7. The van der Waals surface area contributed by atoms with E-state index in [0.29, 0.717) is 24.3 Å². The molecule has 0 spiro atoms. The molecule has 0 aliphatic heterocycles. The summed E-state index contributed by atoms with van der Waals surface area (Å²) in [5.41, 5.74) is 4.90. The van der Waals surface area contributed by atoms with Crippen molar-refractivity contribution in [3.63, 3.8) is 0 Å². The number of aromatic nitrogens is 3. The van der Waals surface area contributed by atoms with E-state index in [1.165, 1.54) is 0 Å². The van der Waals surface area contributed by atoms with Gasteiger partial charge >= 0.3 is 0 Å². The highest BCUT2D eigenvalue weighted by atomic mass is 16.5. The van der Waals surface area contributed by atoms with Crippen molar-refractivity contribution in [1.29, 1.82) is 5.26 Å². The molecule has 1 N–H and O–H groups in total. The molecule has 42 heavy (non-hydrogen) atoms. The molecule has 2 aromatic heterocycles. The molecule has 1 aliphatic rings. The van der Waals surface area contributed by atoms with Crippen molar-refractivity contribution in [1.82, 2.24) is 14.2 Å². The van der Waals surface area contributed by atoms with Gasteiger partial charge < -0.3 is 14.6 Å². The summed E-state index contributed by atoms with van der Waals surface area (Å²) in [4.78, 5) is 14.4. The summed E-state index contributed by atoms with van der Waals surface area (Å²) in [6.07, 6.45) is 7.19. The summed E-state index contributed by atoms with van der Waals surface area (Å²) < 4.78 is 15.7. The molecule has 2 heterocycles. The Morgan fingerprint density at radius 1 is 1.12 bits per heavy atom. The topological polar surface area (TPSA) is 102 Å². The fourth-order valence-corrected chi connectivity index (χ4v) is 6.08. The van der Waals surface area contributed by atoms with Crippen LogP contribution in [-0.4, -0.2) is 44.7 Å². The number of hydrogen-bond acceptors (Lipinski definition) is 6. The second-order valence-corrected chi connectivity index (χ2v) is 11.9. The monoisotopic (exact) mass is 568 g/mol. The standard InChI is InChI=1S/C34H40N4O4/c1-5-8-30-29(19-24-12-11-23(20-31(24)41-4)28-10-7-6-9-25(28)21-35)33(39)37(32-17-18-36-38(30)32)26-13-15-27(16-14-26)42-22-34(2,3)40/h6-7,9-12,17-18,20,26-27,40H,5,8,13-16,19,22H2,1-4H3. The number of ether oxygens (including phenoxy) is 2. The number of hydrogen-bond donors (Lipinski definition) is 1. The van der Waals surface area contributed by atoms with Gasteiger partial charge in [0.15, 0.2) is 0 Å². The lowest BCUT2D eigenvalue weighted by atomic mass is 9.92. The van der Waals surface area contributed by atoms with Gasteiger partial charge in [-0.15, -0.1) is 0 Å². The zero-order chi connectivity index (χ0) is 29.9. The molecule has 1 saturated carbocycles. The number of fused-ring (bicyclic) bond motifs is 1. The van der Waals surface area contributed by atoms with E-state index in [2.05, 4.69) is 18.1 Å². The highest BCUT2D eigenvalue weighted by molar-refractivity contribution is 5.72. The van der Waals surface area contributed by atoms with Crippen molar-refractivity contribution < 1.29 is 14.6 Å². The van der Waals surface area contributed by atoms with E-state index in [9.17, 15) is 15.2 Å². The van der Waals surface area contributed by atoms with E-state index < -0.39 is 5.60 Å². The van der Waals surface area contributed by atoms with Crippen LogP contribution in [0.1, 0.15) is 81.3 Å². The molecule has 0 unspecified atom stereocenters. The van der Waals surface area contributed by atoms with E-state index in [4.69, 9.17) is 9.47 Å². The van der Waals surface area contributed by atoms with Gasteiger partial charge in [-0.2, -0.15) is 10.4 Å². The Labute approximate surface area is 247 Å². The minimum absolute atomic E-state index is 0.0215. The number of benzene rings is 2. The van der Waals surface area contributed by atoms with Gasteiger partial charge in [-0.3, -0.25) is 9.36 Å². The van der Waals surface area contributed by atoms with Crippen LogP contribution < -0.4 is 10.3 Å². The number of nitriles is 1. The van der Waals surface area contributed by atoms with Crippen LogP contribution in [0, 0.1) is 11.3 Å². The average molecular weight is 569 g/mol. The van der Waals surface area contributed by atoms with Crippen LogP contribution in [0.15, 0.2) is 59.5 Å². The minimum atomic E-state index is -0.861. The van der Waals surface area contributed by atoms with Crippen LogP contribution >= 0.6 is 0 Å². The molecule has 0 bridgehead atoms. The second kappa shape index (κ2) is 12.5. The lowest BCUT2D eigenvalue weighted by molar-refractivity contribution is -0.0654. The highest BCUT2D eigenvalue weighted by Gasteiger charge is 2.29. The molecular formula is C34H40N4O4. The molecule has 0 saturated heterocycles. The summed E-state index contributed by atoms with van der Waals surface area (Å²) in [6.45, 7) is 5.92. The Bertz CT molecular complexity index is 1650. The van der Waals surface area contributed by atoms with Gasteiger partial charge in [0.1, 0.15) is 11.4 Å². The largest absolute Gasteiger partial charge is 0.496 e. The zero-order valence-corrected chi connectivity index (χ0v) is 25.0. The molecule has 220 valence electrons. The number of rotatable bonds is 10. The molecule has 0 radical (unpaired) electrons. The molecule has 0 amide bonds. The zero-order valence-electron chi connectivity index (χ0n) is 25.0. The molecule has 8 nitrogen and oxygen atoms in total. The average Bonchev–Trinajstić information content (AvgIpc) is 3.47. The lowest BCUT2D eigenvalue weighted by Crippen LogP contribution is -2.36. The first kappa shape index (κ1) is 29.6. The normalized spacial score (nSPS) is 17.3. The Hall–Kier alpha value is -3.93.